The average molecular weight is 393 g/mol. The third-order valence-corrected chi connectivity index (χ3v) is 4.75. The Balaban J connectivity index is 2.11. The van der Waals surface area contributed by atoms with Gasteiger partial charge in [0.2, 0.25) is 0 Å². The molecule has 0 aliphatic carbocycles. The number of aliphatic imine (C=N–C) groups is 1. The van der Waals surface area contributed by atoms with Gasteiger partial charge < -0.3 is 5.32 Å². The van der Waals surface area contributed by atoms with Crippen molar-refractivity contribution in [2.24, 2.45) is 4.99 Å². The van der Waals surface area contributed by atoms with E-state index < -0.39 is 23.7 Å². The zero-order chi connectivity index (χ0) is 19.7. The minimum atomic E-state index is -5.13. The first kappa shape index (κ1) is 18.8. The fourth-order valence-corrected chi connectivity index (χ4v) is 3.25. The minimum absolute atomic E-state index is 0.0463. The maximum atomic E-state index is 14.0. The number of amidine groups is 1. The first-order valence-corrected chi connectivity index (χ1v) is 8.69. The lowest BCUT2D eigenvalue weighted by Crippen LogP contribution is -2.63. The summed E-state index contributed by atoms with van der Waals surface area (Å²) >= 11 is 0.964. The van der Waals surface area contributed by atoms with Crippen molar-refractivity contribution < 1.29 is 22.8 Å². The van der Waals surface area contributed by atoms with Crippen molar-refractivity contribution in [1.82, 2.24) is 10.2 Å². The van der Waals surface area contributed by atoms with Gasteiger partial charge in [0, 0.05) is 12.1 Å². The predicted octanol–water partition coefficient (Wildman–Crippen LogP) is 3.21. The summed E-state index contributed by atoms with van der Waals surface area (Å²) in [6, 6.07) is 10.9. The van der Waals surface area contributed by atoms with E-state index in [1.807, 2.05) is 0 Å². The number of carbonyl (C=O) groups is 2. The second-order valence-corrected chi connectivity index (χ2v) is 6.59. The highest BCUT2D eigenvalue weighted by molar-refractivity contribution is 7.12. The van der Waals surface area contributed by atoms with Crippen molar-refractivity contribution in [2.75, 3.05) is 6.54 Å². The van der Waals surface area contributed by atoms with Crippen LogP contribution in [-0.4, -0.2) is 40.9 Å². The molecule has 3 rings (SSSR count). The van der Waals surface area contributed by atoms with Gasteiger partial charge in [-0.1, -0.05) is 42.5 Å². The van der Waals surface area contributed by atoms with E-state index in [0.29, 0.717) is 5.56 Å². The summed E-state index contributed by atoms with van der Waals surface area (Å²) in [6.07, 6.45) is -3.84. The highest BCUT2D eigenvalue weighted by atomic mass is 32.1. The number of nitrogens with zero attached hydrogens (tertiary/aromatic N) is 2. The normalized spacial score (nSPS) is 19.7. The number of amides is 2. The summed E-state index contributed by atoms with van der Waals surface area (Å²) in [6.45, 7) is 3.30. The van der Waals surface area contributed by atoms with Gasteiger partial charge in [-0.3, -0.25) is 14.5 Å². The van der Waals surface area contributed by atoms with E-state index in [-0.39, 0.29) is 17.3 Å². The van der Waals surface area contributed by atoms with Crippen LogP contribution in [0.4, 0.5) is 13.2 Å². The summed E-state index contributed by atoms with van der Waals surface area (Å²) in [7, 11) is 0. The summed E-state index contributed by atoms with van der Waals surface area (Å²) in [4.78, 5) is 29.7. The first-order chi connectivity index (χ1) is 12.8. The van der Waals surface area contributed by atoms with E-state index in [1.54, 1.807) is 28.9 Å². The molecule has 2 amide bonds. The van der Waals surface area contributed by atoms with Gasteiger partial charge in [0.05, 0.1) is 4.88 Å². The second-order valence-electron chi connectivity index (χ2n) is 5.65. The highest BCUT2D eigenvalue weighted by Crippen LogP contribution is 2.38. The number of thiophene rings is 1. The Kier molecular flexibility index (Phi) is 4.88. The molecule has 2 aromatic rings. The van der Waals surface area contributed by atoms with Crippen molar-refractivity contribution in [3.8, 4) is 0 Å². The fourth-order valence-electron chi connectivity index (χ4n) is 2.64. The number of halogens is 3. The molecule has 1 aliphatic rings. The molecule has 1 aromatic carbocycles. The fraction of sp³-hybridized carbons (Fsp3) is 0.167. The molecule has 0 saturated heterocycles. The van der Waals surface area contributed by atoms with Crippen molar-refractivity contribution in [3.05, 3.63) is 70.9 Å². The number of rotatable bonds is 5. The van der Waals surface area contributed by atoms with Crippen molar-refractivity contribution in [3.63, 3.8) is 0 Å². The average Bonchev–Trinajstić information content (AvgIpc) is 3.25. The molecule has 0 radical (unpaired) electrons. The van der Waals surface area contributed by atoms with Crippen LogP contribution in [0.1, 0.15) is 15.2 Å². The van der Waals surface area contributed by atoms with Gasteiger partial charge in [-0.2, -0.15) is 13.2 Å². The van der Waals surface area contributed by atoms with Crippen molar-refractivity contribution >= 4 is 29.0 Å². The van der Waals surface area contributed by atoms with Crippen LogP contribution in [-0.2, 0) is 4.79 Å². The number of carbonyl (C=O) groups excluding carboxylic acids is 2. The van der Waals surface area contributed by atoms with Crippen molar-refractivity contribution in [1.29, 1.82) is 0 Å². The Bertz CT molecular complexity index is 894. The predicted molar refractivity (Wildman–Crippen MR) is 95.5 cm³/mol. The third-order valence-electron chi connectivity index (χ3n) is 3.88. The van der Waals surface area contributed by atoms with Crippen LogP contribution in [0, 0.1) is 0 Å². The third kappa shape index (κ3) is 3.25. The molecule has 2 heterocycles. The molecule has 0 saturated carbocycles. The topological polar surface area (TPSA) is 61.8 Å². The Morgan fingerprint density at radius 3 is 2.52 bits per heavy atom. The van der Waals surface area contributed by atoms with Crippen molar-refractivity contribution in [2.45, 2.75) is 11.8 Å². The standard InChI is InChI=1S/C18H14F3N3O2S/c1-2-10-24-14(12-7-4-3-5-8-12)22-17(16(24)26,18(19,20)21)23-15(25)13-9-6-11-27-13/h2-9,11H,1,10H2,(H,23,25)/t17-/m0/s1. The number of benzene rings is 1. The first-order valence-electron chi connectivity index (χ1n) is 7.81. The quantitative estimate of drug-likeness (QED) is 0.793. The van der Waals surface area contributed by atoms with E-state index in [0.717, 1.165) is 16.2 Å². The van der Waals surface area contributed by atoms with Crippen LogP contribution in [0.3, 0.4) is 0 Å². The van der Waals surface area contributed by atoms with Gasteiger partial charge >= 0.3 is 11.8 Å². The van der Waals surface area contributed by atoms with E-state index in [2.05, 4.69) is 11.6 Å². The number of hydrogen-bond donors (Lipinski definition) is 1. The van der Waals surface area contributed by atoms with Crippen LogP contribution < -0.4 is 5.32 Å². The zero-order valence-corrected chi connectivity index (χ0v) is 14.7. The van der Waals surface area contributed by atoms with Crippen LogP contribution in [0.15, 0.2) is 65.5 Å². The molecule has 1 aromatic heterocycles. The lowest BCUT2D eigenvalue weighted by molar-refractivity contribution is -0.196. The number of hydrogen-bond acceptors (Lipinski definition) is 4. The lowest BCUT2D eigenvalue weighted by atomic mass is 10.1. The number of alkyl halides is 3. The van der Waals surface area contributed by atoms with Crippen LogP contribution >= 0.6 is 11.3 Å². The molecule has 1 aliphatic heterocycles. The van der Waals surface area contributed by atoms with E-state index in [1.165, 1.54) is 30.3 Å². The SMILES string of the molecule is C=CCN1C(=O)[C@](NC(=O)c2cccs2)(C(F)(F)F)N=C1c1ccccc1. The van der Waals surface area contributed by atoms with Crippen LogP contribution in [0.5, 0.6) is 0 Å². The van der Waals surface area contributed by atoms with Gasteiger partial charge in [0.15, 0.2) is 0 Å². The maximum absolute atomic E-state index is 14.0. The van der Waals surface area contributed by atoms with E-state index in [4.69, 9.17) is 0 Å². The molecule has 0 unspecified atom stereocenters. The number of nitrogens with one attached hydrogen (secondary N) is 1. The zero-order valence-electron chi connectivity index (χ0n) is 13.9. The summed E-state index contributed by atoms with van der Waals surface area (Å²) in [5, 5.41) is 3.36. The summed E-state index contributed by atoms with van der Waals surface area (Å²) in [5.74, 6) is -2.57. The van der Waals surface area contributed by atoms with Gasteiger partial charge in [-0.25, -0.2) is 4.99 Å². The summed E-state index contributed by atoms with van der Waals surface area (Å²) < 4.78 is 41.9. The minimum Gasteiger partial charge on any atom is -0.311 e. The monoisotopic (exact) mass is 393 g/mol. The van der Waals surface area contributed by atoms with Gasteiger partial charge in [0.25, 0.3) is 11.8 Å². The molecule has 27 heavy (non-hydrogen) atoms. The molecule has 1 N–H and O–H groups in total. The smallest absolute Gasteiger partial charge is 0.311 e. The largest absolute Gasteiger partial charge is 0.442 e. The Hall–Kier alpha value is -2.94. The van der Waals surface area contributed by atoms with E-state index >= 15 is 0 Å². The Morgan fingerprint density at radius 2 is 1.96 bits per heavy atom. The summed E-state index contributed by atoms with van der Waals surface area (Å²) in [5.41, 5.74) is -3.06. The second kappa shape index (κ2) is 6.99. The Labute approximate surface area is 156 Å². The van der Waals surface area contributed by atoms with Gasteiger partial charge in [-0.15, -0.1) is 17.9 Å². The van der Waals surface area contributed by atoms with Gasteiger partial charge in [-0.05, 0) is 11.4 Å². The molecule has 1 atom stereocenters. The van der Waals surface area contributed by atoms with Crippen LogP contribution in [0.2, 0.25) is 0 Å². The molecule has 0 spiro atoms. The maximum Gasteiger partial charge on any atom is 0.442 e. The molecule has 9 heteroatoms. The highest BCUT2D eigenvalue weighted by Gasteiger charge is 2.67. The molecular weight excluding hydrogens is 379 g/mol. The molecule has 0 fully saturated rings. The molecule has 140 valence electrons. The Morgan fingerprint density at radius 1 is 1.26 bits per heavy atom. The molecule has 5 nitrogen and oxygen atoms in total. The molecular formula is C18H14F3N3O2S. The van der Waals surface area contributed by atoms with Gasteiger partial charge in [0.1, 0.15) is 5.84 Å². The van der Waals surface area contributed by atoms with E-state index in [9.17, 15) is 22.8 Å². The lowest BCUT2D eigenvalue weighted by Gasteiger charge is -2.28. The molecule has 0 bridgehead atoms. The van der Waals surface area contributed by atoms with Crippen LogP contribution in [0.25, 0.3) is 0 Å².